The summed E-state index contributed by atoms with van der Waals surface area (Å²) in [4.78, 5) is 12.2. The van der Waals surface area contributed by atoms with Gasteiger partial charge in [0.2, 0.25) is 5.91 Å². The summed E-state index contributed by atoms with van der Waals surface area (Å²) in [6.45, 7) is 6.59. The SMILES string of the molecule is CC.COS(=O)(=O)CCNC(=O)CCCC(C)C12CCCC1C1CCC3CCCCC3C1CC2. The van der Waals surface area contributed by atoms with Crippen molar-refractivity contribution in [1.82, 2.24) is 5.32 Å². The molecule has 1 amide bonds. The molecule has 7 unspecified atom stereocenters. The fraction of sp³-hybridized carbons (Fsp3) is 0.964. The van der Waals surface area contributed by atoms with Gasteiger partial charge in [-0.1, -0.05) is 46.5 Å². The standard InChI is InChI=1S/C26H45NO4S.C2H6/c1-19(7-5-11-25(28)27-17-18-32(29,30)31-2)26-15-6-10-24(26)23-13-12-20-8-3-4-9-21(20)22(23)14-16-26;1-2/h19-24H,3-18H2,1-2H3,(H,27,28);1-2H3. The Kier molecular flexibility index (Phi) is 10.3. The van der Waals surface area contributed by atoms with Crippen molar-refractivity contribution in [3.63, 3.8) is 0 Å². The predicted molar refractivity (Wildman–Crippen MR) is 139 cm³/mol. The Morgan fingerprint density at radius 1 is 0.971 bits per heavy atom. The fourth-order valence-corrected chi connectivity index (χ4v) is 9.25. The Labute approximate surface area is 209 Å². The first kappa shape index (κ1) is 28.0. The van der Waals surface area contributed by atoms with Crippen LogP contribution < -0.4 is 5.32 Å². The molecule has 0 radical (unpaired) electrons. The van der Waals surface area contributed by atoms with Gasteiger partial charge in [-0.25, -0.2) is 0 Å². The number of carbonyl (C=O) groups excluding carboxylic acids is 1. The summed E-state index contributed by atoms with van der Waals surface area (Å²) < 4.78 is 27.2. The summed E-state index contributed by atoms with van der Waals surface area (Å²) >= 11 is 0. The third kappa shape index (κ3) is 6.19. The van der Waals surface area contributed by atoms with Crippen LogP contribution in [0.15, 0.2) is 0 Å². The van der Waals surface area contributed by atoms with Crippen LogP contribution in [-0.4, -0.2) is 33.7 Å². The molecule has 34 heavy (non-hydrogen) atoms. The maximum atomic E-state index is 12.2. The summed E-state index contributed by atoms with van der Waals surface area (Å²) in [7, 11) is -2.35. The quantitative estimate of drug-likeness (QED) is 0.378. The Balaban J connectivity index is 0.00000158. The van der Waals surface area contributed by atoms with Crippen LogP contribution in [0.4, 0.5) is 0 Å². The zero-order valence-corrected chi connectivity index (χ0v) is 23.1. The average molecular weight is 498 g/mol. The van der Waals surface area contributed by atoms with Crippen LogP contribution in [0.3, 0.4) is 0 Å². The topological polar surface area (TPSA) is 72.5 Å². The Hall–Kier alpha value is -0.620. The van der Waals surface area contributed by atoms with Gasteiger partial charge in [-0.3, -0.25) is 8.98 Å². The normalized spacial score (nSPS) is 35.7. The van der Waals surface area contributed by atoms with E-state index in [1.54, 1.807) is 0 Å². The van der Waals surface area contributed by atoms with E-state index in [1.807, 2.05) is 13.8 Å². The van der Waals surface area contributed by atoms with E-state index in [0.717, 1.165) is 49.5 Å². The Morgan fingerprint density at radius 2 is 1.74 bits per heavy atom. The first-order valence-corrected chi connectivity index (χ1v) is 16.0. The first-order valence-electron chi connectivity index (χ1n) is 14.4. The molecule has 0 bridgehead atoms. The summed E-state index contributed by atoms with van der Waals surface area (Å²) in [5, 5.41) is 2.74. The van der Waals surface area contributed by atoms with Gasteiger partial charge in [0.15, 0.2) is 0 Å². The number of hydrogen-bond acceptors (Lipinski definition) is 4. The second-order valence-electron chi connectivity index (χ2n) is 11.5. The van der Waals surface area contributed by atoms with Crippen molar-refractivity contribution in [2.45, 2.75) is 111 Å². The molecule has 4 rings (SSSR count). The van der Waals surface area contributed by atoms with E-state index in [9.17, 15) is 13.2 Å². The predicted octanol–water partition coefficient (Wildman–Crippen LogP) is 6.32. The second kappa shape index (κ2) is 12.6. The smallest absolute Gasteiger partial charge is 0.268 e. The molecule has 4 aliphatic carbocycles. The molecule has 0 heterocycles. The lowest BCUT2D eigenvalue weighted by atomic mass is 9.48. The van der Waals surface area contributed by atoms with Crippen LogP contribution >= 0.6 is 0 Å². The molecule has 0 aliphatic heterocycles. The van der Waals surface area contributed by atoms with Crippen molar-refractivity contribution in [1.29, 1.82) is 0 Å². The van der Waals surface area contributed by atoms with Gasteiger partial charge in [0, 0.05) is 13.0 Å². The summed E-state index contributed by atoms with van der Waals surface area (Å²) in [5.41, 5.74) is 0.520. The molecule has 0 spiro atoms. The summed E-state index contributed by atoms with van der Waals surface area (Å²) in [5.74, 6) is 5.44. The number of amides is 1. The number of carbonyl (C=O) groups is 1. The third-order valence-corrected chi connectivity index (χ3v) is 11.5. The van der Waals surface area contributed by atoms with E-state index in [-0.39, 0.29) is 18.2 Å². The van der Waals surface area contributed by atoms with E-state index < -0.39 is 10.1 Å². The molecule has 0 aromatic carbocycles. The molecule has 5 nitrogen and oxygen atoms in total. The van der Waals surface area contributed by atoms with Crippen LogP contribution in [0.25, 0.3) is 0 Å². The molecule has 4 saturated carbocycles. The zero-order chi connectivity index (χ0) is 24.8. The van der Waals surface area contributed by atoms with Crippen molar-refractivity contribution < 1.29 is 17.4 Å². The largest absolute Gasteiger partial charge is 0.355 e. The summed E-state index contributed by atoms with van der Waals surface area (Å²) in [6, 6.07) is 0. The maximum Gasteiger partial charge on any atom is 0.268 e. The zero-order valence-electron chi connectivity index (χ0n) is 22.3. The molecule has 4 fully saturated rings. The monoisotopic (exact) mass is 497 g/mol. The molecule has 1 N–H and O–H groups in total. The lowest BCUT2D eigenvalue weighted by Crippen LogP contribution is -2.49. The molecule has 0 aromatic heterocycles. The lowest BCUT2D eigenvalue weighted by Gasteiger charge is -2.57. The molecule has 0 saturated heterocycles. The van der Waals surface area contributed by atoms with Crippen LogP contribution in [-0.2, 0) is 19.1 Å². The van der Waals surface area contributed by atoms with Gasteiger partial charge in [-0.2, -0.15) is 8.42 Å². The third-order valence-electron chi connectivity index (χ3n) is 10.2. The highest BCUT2D eigenvalue weighted by atomic mass is 32.2. The number of hydrogen-bond donors (Lipinski definition) is 1. The van der Waals surface area contributed by atoms with E-state index in [4.69, 9.17) is 0 Å². The summed E-state index contributed by atoms with van der Waals surface area (Å²) in [6.07, 6.45) is 18.6. The number of nitrogens with one attached hydrogen (secondary N) is 1. The fourth-order valence-electron chi connectivity index (χ4n) is 8.74. The highest BCUT2D eigenvalue weighted by Crippen LogP contribution is 2.65. The second-order valence-corrected chi connectivity index (χ2v) is 13.3. The van der Waals surface area contributed by atoms with Crippen molar-refractivity contribution in [3.8, 4) is 0 Å². The number of fused-ring (bicyclic) bond motifs is 5. The van der Waals surface area contributed by atoms with Gasteiger partial charge in [0.25, 0.3) is 10.1 Å². The minimum Gasteiger partial charge on any atom is -0.355 e. The van der Waals surface area contributed by atoms with Crippen LogP contribution in [0.1, 0.15) is 111 Å². The molecule has 4 aliphatic rings. The van der Waals surface area contributed by atoms with Crippen molar-refractivity contribution >= 4 is 16.0 Å². The van der Waals surface area contributed by atoms with Gasteiger partial charge < -0.3 is 5.32 Å². The van der Waals surface area contributed by atoms with E-state index in [0.29, 0.717) is 17.8 Å². The van der Waals surface area contributed by atoms with Crippen molar-refractivity contribution in [3.05, 3.63) is 0 Å². The first-order chi connectivity index (χ1) is 16.4. The van der Waals surface area contributed by atoms with Gasteiger partial charge >= 0.3 is 0 Å². The highest BCUT2D eigenvalue weighted by Gasteiger charge is 2.56. The van der Waals surface area contributed by atoms with Crippen LogP contribution in [0.5, 0.6) is 0 Å². The molecular formula is C28H51NO4S. The van der Waals surface area contributed by atoms with Crippen LogP contribution in [0, 0.1) is 40.9 Å². The molecule has 7 atom stereocenters. The Morgan fingerprint density at radius 3 is 2.50 bits per heavy atom. The minimum atomic E-state index is -3.51. The van der Waals surface area contributed by atoms with Gasteiger partial charge in [0.05, 0.1) is 12.9 Å². The van der Waals surface area contributed by atoms with Crippen molar-refractivity contribution in [2.75, 3.05) is 19.4 Å². The van der Waals surface area contributed by atoms with Gasteiger partial charge in [0.1, 0.15) is 0 Å². The molecular weight excluding hydrogens is 446 g/mol. The minimum absolute atomic E-state index is 0.0386. The van der Waals surface area contributed by atoms with Gasteiger partial charge in [-0.15, -0.1) is 0 Å². The van der Waals surface area contributed by atoms with Crippen molar-refractivity contribution in [2.24, 2.45) is 40.9 Å². The highest BCUT2D eigenvalue weighted by molar-refractivity contribution is 7.86. The van der Waals surface area contributed by atoms with E-state index in [2.05, 4.69) is 16.4 Å². The number of rotatable bonds is 9. The van der Waals surface area contributed by atoms with E-state index >= 15 is 0 Å². The molecule has 0 aromatic rings. The van der Waals surface area contributed by atoms with E-state index in [1.165, 1.54) is 70.6 Å². The maximum absolute atomic E-state index is 12.2. The molecule has 6 heteroatoms. The molecule has 198 valence electrons. The lowest BCUT2D eigenvalue weighted by molar-refractivity contribution is -0.121. The van der Waals surface area contributed by atoms with Crippen LogP contribution in [0.2, 0.25) is 0 Å². The average Bonchev–Trinajstić information content (AvgIpc) is 3.31. The van der Waals surface area contributed by atoms with Gasteiger partial charge in [-0.05, 0) is 98.7 Å². The Bertz CT molecular complexity index is 754.